The molecule has 1 amide bonds. The molecule has 1 fully saturated rings. The summed E-state index contributed by atoms with van der Waals surface area (Å²) in [4.78, 5) is 12.8. The molecule has 1 aliphatic carbocycles. The molecule has 1 aromatic rings. The van der Waals surface area contributed by atoms with Crippen molar-refractivity contribution in [1.82, 2.24) is 15.1 Å². The Morgan fingerprint density at radius 2 is 2.00 bits per heavy atom. The van der Waals surface area contributed by atoms with E-state index in [1.807, 2.05) is 20.9 Å². The van der Waals surface area contributed by atoms with Gasteiger partial charge < -0.3 is 5.32 Å². The maximum atomic E-state index is 12.4. The number of alkyl halides is 1. The van der Waals surface area contributed by atoms with Crippen LogP contribution in [0.2, 0.25) is 0 Å². The van der Waals surface area contributed by atoms with Gasteiger partial charge in [0, 0.05) is 23.6 Å². The SMILES string of the molecule is Cc1nn(C)c(C)c1C(=O)NC1CCCCCC1Br. The first-order valence-corrected chi connectivity index (χ1v) is 7.87. The Morgan fingerprint density at radius 1 is 1.32 bits per heavy atom. The molecule has 4 nitrogen and oxygen atoms in total. The Bertz CT molecular complexity index is 470. The average molecular weight is 328 g/mol. The van der Waals surface area contributed by atoms with Gasteiger partial charge in [0.05, 0.1) is 11.3 Å². The molecule has 5 heteroatoms. The fraction of sp³-hybridized carbons (Fsp3) is 0.714. The number of amides is 1. The minimum Gasteiger partial charge on any atom is -0.348 e. The molecule has 0 aromatic carbocycles. The van der Waals surface area contributed by atoms with E-state index in [0.29, 0.717) is 4.83 Å². The number of carbonyl (C=O) groups is 1. The second kappa shape index (κ2) is 6.07. The molecule has 2 unspecified atom stereocenters. The van der Waals surface area contributed by atoms with Gasteiger partial charge in [-0.25, -0.2) is 0 Å². The van der Waals surface area contributed by atoms with E-state index in [2.05, 4.69) is 26.3 Å². The van der Waals surface area contributed by atoms with E-state index in [-0.39, 0.29) is 11.9 Å². The highest BCUT2D eigenvalue weighted by atomic mass is 79.9. The molecule has 19 heavy (non-hydrogen) atoms. The third-order valence-corrected chi connectivity index (χ3v) is 5.08. The summed E-state index contributed by atoms with van der Waals surface area (Å²) in [6, 6.07) is 0.231. The van der Waals surface area contributed by atoms with Crippen LogP contribution in [-0.4, -0.2) is 26.6 Å². The zero-order valence-corrected chi connectivity index (χ0v) is 13.5. The maximum Gasteiger partial charge on any atom is 0.255 e. The van der Waals surface area contributed by atoms with Crippen LogP contribution in [0.3, 0.4) is 0 Å². The molecule has 0 radical (unpaired) electrons. The number of hydrogen-bond donors (Lipinski definition) is 1. The van der Waals surface area contributed by atoms with Gasteiger partial charge in [-0.3, -0.25) is 9.48 Å². The lowest BCUT2D eigenvalue weighted by molar-refractivity contribution is 0.0933. The van der Waals surface area contributed by atoms with Crippen molar-refractivity contribution in [2.75, 3.05) is 0 Å². The van der Waals surface area contributed by atoms with Crippen LogP contribution in [0.25, 0.3) is 0 Å². The lowest BCUT2D eigenvalue weighted by Gasteiger charge is -2.21. The lowest BCUT2D eigenvalue weighted by atomic mass is 10.1. The second-order valence-corrected chi connectivity index (χ2v) is 6.58. The number of nitrogens with one attached hydrogen (secondary N) is 1. The number of nitrogens with zero attached hydrogens (tertiary/aromatic N) is 2. The van der Waals surface area contributed by atoms with Crippen molar-refractivity contribution >= 4 is 21.8 Å². The molecule has 0 bridgehead atoms. The number of carbonyl (C=O) groups excluding carboxylic acids is 1. The minimum absolute atomic E-state index is 0.0134. The van der Waals surface area contributed by atoms with Gasteiger partial charge >= 0.3 is 0 Å². The quantitative estimate of drug-likeness (QED) is 0.670. The van der Waals surface area contributed by atoms with Crippen LogP contribution in [0.15, 0.2) is 0 Å². The van der Waals surface area contributed by atoms with Crippen LogP contribution >= 0.6 is 15.9 Å². The van der Waals surface area contributed by atoms with Crippen LogP contribution < -0.4 is 5.32 Å². The Labute approximate surface area is 123 Å². The van der Waals surface area contributed by atoms with E-state index in [9.17, 15) is 4.79 Å². The van der Waals surface area contributed by atoms with Crippen molar-refractivity contribution in [2.45, 2.75) is 56.8 Å². The van der Waals surface area contributed by atoms with Crippen LogP contribution in [0, 0.1) is 13.8 Å². The Morgan fingerprint density at radius 3 is 2.63 bits per heavy atom. The van der Waals surface area contributed by atoms with E-state index in [1.54, 1.807) is 4.68 Å². The monoisotopic (exact) mass is 327 g/mol. The second-order valence-electron chi connectivity index (χ2n) is 5.40. The summed E-state index contributed by atoms with van der Waals surface area (Å²) in [6.07, 6.45) is 5.89. The fourth-order valence-electron chi connectivity index (χ4n) is 2.77. The number of hydrogen-bond acceptors (Lipinski definition) is 2. The molecule has 2 atom stereocenters. The van der Waals surface area contributed by atoms with Gasteiger partial charge in [-0.15, -0.1) is 0 Å². The smallest absolute Gasteiger partial charge is 0.255 e. The first-order valence-electron chi connectivity index (χ1n) is 6.96. The topological polar surface area (TPSA) is 46.9 Å². The molecule has 0 saturated heterocycles. The minimum atomic E-state index is 0.0134. The first-order chi connectivity index (χ1) is 9.00. The molecule has 2 rings (SSSR count). The van der Waals surface area contributed by atoms with Crippen molar-refractivity contribution in [1.29, 1.82) is 0 Å². The first kappa shape index (κ1) is 14.6. The van der Waals surface area contributed by atoms with Crippen LogP contribution in [0.1, 0.15) is 53.8 Å². The van der Waals surface area contributed by atoms with E-state index >= 15 is 0 Å². The Balaban J connectivity index is 2.11. The maximum absolute atomic E-state index is 12.4. The van der Waals surface area contributed by atoms with E-state index < -0.39 is 0 Å². The highest BCUT2D eigenvalue weighted by Crippen LogP contribution is 2.24. The summed E-state index contributed by atoms with van der Waals surface area (Å²) < 4.78 is 1.77. The van der Waals surface area contributed by atoms with Crippen molar-refractivity contribution in [3.63, 3.8) is 0 Å². The van der Waals surface area contributed by atoms with Crippen molar-refractivity contribution in [3.05, 3.63) is 17.0 Å². The molecule has 1 aromatic heterocycles. The fourth-order valence-corrected chi connectivity index (χ4v) is 3.49. The molecular formula is C14H22BrN3O. The Hall–Kier alpha value is -0.840. The lowest BCUT2D eigenvalue weighted by Crippen LogP contribution is -2.40. The molecule has 1 aliphatic rings. The number of halogens is 1. The molecule has 1 saturated carbocycles. The highest BCUT2D eigenvalue weighted by molar-refractivity contribution is 9.09. The number of aryl methyl sites for hydroxylation is 2. The van der Waals surface area contributed by atoms with Crippen LogP contribution in [-0.2, 0) is 7.05 Å². The summed E-state index contributed by atoms with van der Waals surface area (Å²) >= 11 is 3.71. The zero-order valence-electron chi connectivity index (χ0n) is 11.9. The van der Waals surface area contributed by atoms with Gasteiger partial charge in [0.15, 0.2) is 0 Å². The summed E-state index contributed by atoms with van der Waals surface area (Å²) in [5.41, 5.74) is 2.46. The summed E-state index contributed by atoms with van der Waals surface area (Å²) in [5, 5.41) is 7.49. The van der Waals surface area contributed by atoms with Gasteiger partial charge in [0.25, 0.3) is 5.91 Å². The van der Waals surface area contributed by atoms with Gasteiger partial charge in [0.2, 0.25) is 0 Å². The van der Waals surface area contributed by atoms with Crippen LogP contribution in [0.4, 0.5) is 0 Å². The van der Waals surface area contributed by atoms with Gasteiger partial charge in [-0.1, -0.05) is 35.2 Å². The molecular weight excluding hydrogens is 306 g/mol. The van der Waals surface area contributed by atoms with E-state index in [1.165, 1.54) is 19.3 Å². The molecule has 1 N–H and O–H groups in total. The van der Waals surface area contributed by atoms with Crippen molar-refractivity contribution < 1.29 is 4.79 Å². The summed E-state index contributed by atoms with van der Waals surface area (Å²) in [5.74, 6) is 0.0134. The van der Waals surface area contributed by atoms with Crippen LogP contribution in [0.5, 0.6) is 0 Å². The largest absolute Gasteiger partial charge is 0.348 e. The molecule has 1 heterocycles. The molecule has 106 valence electrons. The predicted octanol–water partition coefficient (Wildman–Crippen LogP) is 2.86. The van der Waals surface area contributed by atoms with Crippen molar-refractivity contribution in [2.24, 2.45) is 7.05 Å². The molecule has 0 aliphatic heterocycles. The third-order valence-electron chi connectivity index (χ3n) is 3.98. The summed E-state index contributed by atoms with van der Waals surface area (Å²) in [6.45, 7) is 3.83. The van der Waals surface area contributed by atoms with Crippen molar-refractivity contribution in [3.8, 4) is 0 Å². The van der Waals surface area contributed by atoms with E-state index in [0.717, 1.165) is 29.8 Å². The predicted molar refractivity (Wildman–Crippen MR) is 79.7 cm³/mol. The molecule has 0 spiro atoms. The zero-order chi connectivity index (χ0) is 14.0. The van der Waals surface area contributed by atoms with Gasteiger partial charge in [0.1, 0.15) is 0 Å². The van der Waals surface area contributed by atoms with Gasteiger partial charge in [-0.05, 0) is 26.7 Å². The normalized spacial score (nSPS) is 24.0. The standard InChI is InChI=1S/C14H22BrN3O/c1-9-13(10(2)18(3)17-9)14(19)16-12-8-6-4-5-7-11(12)15/h11-12H,4-8H2,1-3H3,(H,16,19). The number of aromatic nitrogens is 2. The van der Waals surface area contributed by atoms with Gasteiger partial charge in [-0.2, -0.15) is 5.10 Å². The average Bonchev–Trinajstić information content (AvgIpc) is 2.51. The third kappa shape index (κ3) is 3.19. The highest BCUT2D eigenvalue weighted by Gasteiger charge is 2.25. The summed E-state index contributed by atoms with van der Waals surface area (Å²) in [7, 11) is 1.87. The Kier molecular flexibility index (Phi) is 4.66. The number of rotatable bonds is 2. The van der Waals surface area contributed by atoms with E-state index in [4.69, 9.17) is 0 Å².